The Bertz CT molecular complexity index is 439. The highest BCUT2D eigenvalue weighted by molar-refractivity contribution is 5.65. The summed E-state index contributed by atoms with van der Waals surface area (Å²) in [5.74, 6) is 0.441. The minimum Gasteiger partial charge on any atom is -0.443 e. The third-order valence-electron chi connectivity index (χ3n) is 2.83. The lowest BCUT2D eigenvalue weighted by molar-refractivity contribution is 0.0461. The predicted molar refractivity (Wildman–Crippen MR) is 73.4 cm³/mol. The standard InChI is InChI=1S/C14H22N2O2/c1-9(2)10-5-6-11(12(15)7-10)8-14(3,4)18-13(16)17/h5-7,9H,8,15H2,1-4H3,(H2,16,17). The number of anilines is 1. The van der Waals surface area contributed by atoms with Crippen LogP contribution >= 0.6 is 0 Å². The van der Waals surface area contributed by atoms with Crippen LogP contribution in [0.1, 0.15) is 44.7 Å². The lowest BCUT2D eigenvalue weighted by Crippen LogP contribution is -2.33. The molecule has 4 N–H and O–H groups in total. The molecule has 1 aromatic rings. The van der Waals surface area contributed by atoms with Gasteiger partial charge < -0.3 is 16.2 Å². The molecule has 18 heavy (non-hydrogen) atoms. The number of hydrogen-bond donors (Lipinski definition) is 2. The molecule has 0 saturated heterocycles. The number of benzene rings is 1. The van der Waals surface area contributed by atoms with Crippen LogP contribution in [0.3, 0.4) is 0 Å². The summed E-state index contributed by atoms with van der Waals surface area (Å²) in [5.41, 5.74) is 13.3. The van der Waals surface area contributed by atoms with Gasteiger partial charge in [-0.3, -0.25) is 0 Å². The van der Waals surface area contributed by atoms with Crippen molar-refractivity contribution < 1.29 is 9.53 Å². The number of carbonyl (C=O) groups excluding carboxylic acids is 1. The van der Waals surface area contributed by atoms with Crippen molar-refractivity contribution in [1.82, 2.24) is 0 Å². The molecule has 4 heteroatoms. The van der Waals surface area contributed by atoms with Crippen LogP contribution in [-0.4, -0.2) is 11.7 Å². The fourth-order valence-electron chi connectivity index (χ4n) is 1.90. The summed E-state index contributed by atoms with van der Waals surface area (Å²) in [7, 11) is 0. The zero-order valence-corrected chi connectivity index (χ0v) is 11.5. The number of ether oxygens (including phenoxy) is 1. The SMILES string of the molecule is CC(C)c1ccc(CC(C)(C)OC(N)=O)c(N)c1. The predicted octanol–water partition coefficient (Wildman–Crippen LogP) is 2.81. The van der Waals surface area contributed by atoms with E-state index in [1.165, 1.54) is 5.56 Å². The zero-order chi connectivity index (χ0) is 13.9. The van der Waals surface area contributed by atoms with Crippen LogP contribution in [0.4, 0.5) is 10.5 Å². The van der Waals surface area contributed by atoms with E-state index in [-0.39, 0.29) is 0 Å². The number of primary amides is 1. The van der Waals surface area contributed by atoms with Crippen molar-refractivity contribution in [2.24, 2.45) is 5.73 Å². The highest BCUT2D eigenvalue weighted by atomic mass is 16.6. The Labute approximate surface area is 108 Å². The Morgan fingerprint density at radius 2 is 2.00 bits per heavy atom. The van der Waals surface area contributed by atoms with E-state index >= 15 is 0 Å². The van der Waals surface area contributed by atoms with Gasteiger partial charge in [0.2, 0.25) is 0 Å². The topological polar surface area (TPSA) is 78.3 Å². The van der Waals surface area contributed by atoms with Crippen LogP contribution in [0, 0.1) is 0 Å². The van der Waals surface area contributed by atoms with E-state index in [4.69, 9.17) is 16.2 Å². The summed E-state index contributed by atoms with van der Waals surface area (Å²) in [6.07, 6.45) is -0.225. The largest absolute Gasteiger partial charge is 0.443 e. The molecule has 0 aromatic heterocycles. The molecule has 0 atom stereocenters. The summed E-state index contributed by atoms with van der Waals surface area (Å²) in [6.45, 7) is 7.87. The molecule has 0 spiro atoms. The van der Waals surface area contributed by atoms with E-state index in [0.29, 0.717) is 12.3 Å². The summed E-state index contributed by atoms with van der Waals surface area (Å²) >= 11 is 0. The fourth-order valence-corrected chi connectivity index (χ4v) is 1.90. The van der Waals surface area contributed by atoms with Crippen molar-refractivity contribution in [1.29, 1.82) is 0 Å². The Kier molecular flexibility index (Phi) is 4.22. The van der Waals surface area contributed by atoms with Gasteiger partial charge in [0.25, 0.3) is 0 Å². The quantitative estimate of drug-likeness (QED) is 0.806. The minimum absolute atomic E-state index is 0.441. The molecule has 1 rings (SSSR count). The van der Waals surface area contributed by atoms with Crippen LogP contribution in [0.25, 0.3) is 0 Å². The van der Waals surface area contributed by atoms with Crippen molar-refractivity contribution >= 4 is 11.8 Å². The van der Waals surface area contributed by atoms with Crippen LogP contribution in [0.15, 0.2) is 18.2 Å². The van der Waals surface area contributed by atoms with Crippen molar-refractivity contribution in [3.05, 3.63) is 29.3 Å². The van der Waals surface area contributed by atoms with Crippen LogP contribution < -0.4 is 11.5 Å². The van der Waals surface area contributed by atoms with Crippen molar-refractivity contribution in [2.75, 3.05) is 5.73 Å². The van der Waals surface area contributed by atoms with Crippen molar-refractivity contribution in [2.45, 2.75) is 45.6 Å². The molecule has 4 nitrogen and oxygen atoms in total. The van der Waals surface area contributed by atoms with E-state index in [0.717, 1.165) is 11.3 Å². The van der Waals surface area contributed by atoms with Crippen LogP contribution in [0.2, 0.25) is 0 Å². The Morgan fingerprint density at radius 3 is 2.44 bits per heavy atom. The first-order chi connectivity index (χ1) is 8.21. The maximum Gasteiger partial charge on any atom is 0.405 e. The van der Waals surface area contributed by atoms with Gasteiger partial charge in [-0.15, -0.1) is 0 Å². The molecule has 0 aliphatic rings. The third-order valence-corrected chi connectivity index (χ3v) is 2.83. The summed E-state index contributed by atoms with van der Waals surface area (Å²) < 4.78 is 5.06. The number of carbonyl (C=O) groups is 1. The second kappa shape index (κ2) is 5.29. The fraction of sp³-hybridized carbons (Fsp3) is 0.500. The van der Waals surface area contributed by atoms with Crippen molar-refractivity contribution in [3.8, 4) is 0 Å². The number of amides is 1. The highest BCUT2D eigenvalue weighted by Crippen LogP contribution is 2.25. The van der Waals surface area contributed by atoms with Gasteiger partial charge in [0.05, 0.1) is 0 Å². The van der Waals surface area contributed by atoms with Gasteiger partial charge in [0.1, 0.15) is 5.60 Å². The first-order valence-corrected chi connectivity index (χ1v) is 6.08. The third kappa shape index (κ3) is 3.95. The maximum absolute atomic E-state index is 10.8. The molecule has 1 amide bonds. The summed E-state index contributed by atoms with van der Waals surface area (Å²) in [6, 6.07) is 6.01. The first-order valence-electron chi connectivity index (χ1n) is 6.08. The van der Waals surface area contributed by atoms with Crippen molar-refractivity contribution in [3.63, 3.8) is 0 Å². The molecule has 0 unspecified atom stereocenters. The van der Waals surface area contributed by atoms with E-state index < -0.39 is 11.7 Å². The molecule has 0 aliphatic carbocycles. The minimum atomic E-state index is -0.766. The molecule has 100 valence electrons. The van der Waals surface area contributed by atoms with Gasteiger partial charge in [-0.25, -0.2) is 4.79 Å². The summed E-state index contributed by atoms with van der Waals surface area (Å²) in [4.78, 5) is 10.8. The monoisotopic (exact) mass is 250 g/mol. The molecule has 0 heterocycles. The van der Waals surface area contributed by atoms with E-state index in [1.807, 2.05) is 26.0 Å². The first kappa shape index (κ1) is 14.4. The lowest BCUT2D eigenvalue weighted by atomic mass is 9.94. The molecule has 0 fully saturated rings. The second-order valence-corrected chi connectivity index (χ2v) is 5.47. The normalized spacial score (nSPS) is 11.6. The Hall–Kier alpha value is -1.71. The number of rotatable bonds is 4. The Balaban J connectivity index is 2.88. The smallest absolute Gasteiger partial charge is 0.405 e. The van der Waals surface area contributed by atoms with Gasteiger partial charge in [0.15, 0.2) is 0 Å². The second-order valence-electron chi connectivity index (χ2n) is 5.47. The maximum atomic E-state index is 10.8. The molecule has 0 radical (unpaired) electrons. The van der Waals surface area contributed by atoms with E-state index in [2.05, 4.69) is 19.9 Å². The van der Waals surface area contributed by atoms with E-state index in [1.54, 1.807) is 0 Å². The molecule has 0 bridgehead atoms. The lowest BCUT2D eigenvalue weighted by Gasteiger charge is -2.25. The van der Waals surface area contributed by atoms with Gasteiger partial charge in [0, 0.05) is 12.1 Å². The number of hydrogen-bond acceptors (Lipinski definition) is 3. The van der Waals surface area contributed by atoms with Gasteiger partial charge >= 0.3 is 6.09 Å². The van der Waals surface area contributed by atoms with E-state index in [9.17, 15) is 4.79 Å². The summed E-state index contributed by atoms with van der Waals surface area (Å²) in [5, 5.41) is 0. The van der Waals surface area contributed by atoms with Gasteiger partial charge in [-0.05, 0) is 37.0 Å². The zero-order valence-electron chi connectivity index (χ0n) is 11.5. The molecular weight excluding hydrogens is 228 g/mol. The molecular formula is C14H22N2O2. The van der Waals surface area contributed by atoms with Gasteiger partial charge in [-0.2, -0.15) is 0 Å². The van der Waals surface area contributed by atoms with Gasteiger partial charge in [-0.1, -0.05) is 26.0 Å². The average molecular weight is 250 g/mol. The highest BCUT2D eigenvalue weighted by Gasteiger charge is 2.23. The van der Waals surface area contributed by atoms with Crippen LogP contribution in [-0.2, 0) is 11.2 Å². The molecule has 0 saturated carbocycles. The number of nitrogen functional groups attached to an aromatic ring is 1. The molecule has 1 aromatic carbocycles. The Morgan fingerprint density at radius 1 is 1.39 bits per heavy atom. The number of nitrogens with two attached hydrogens (primary N) is 2. The van der Waals surface area contributed by atoms with Crippen LogP contribution in [0.5, 0.6) is 0 Å². The average Bonchev–Trinajstić information content (AvgIpc) is 2.18. The molecule has 0 aliphatic heterocycles.